The van der Waals surface area contributed by atoms with Crippen LogP contribution in [-0.4, -0.2) is 23.4 Å². The molecule has 0 bridgehead atoms. The Morgan fingerprint density at radius 2 is 2.04 bits per heavy atom. The number of thioether (sulfide) groups is 1. The highest BCUT2D eigenvalue weighted by molar-refractivity contribution is 7.99. The van der Waals surface area contributed by atoms with E-state index in [0.29, 0.717) is 11.8 Å². The van der Waals surface area contributed by atoms with Crippen molar-refractivity contribution in [3.8, 4) is 5.75 Å². The molecule has 1 heterocycles. The zero-order valence-corrected chi connectivity index (χ0v) is 16.8. The van der Waals surface area contributed by atoms with E-state index in [-0.39, 0.29) is 5.82 Å². The number of halogens is 1. The minimum absolute atomic E-state index is 0.230. The number of phenolic OH excluding ortho intramolecular Hbond substituents is 1. The van der Waals surface area contributed by atoms with Crippen molar-refractivity contribution in [2.24, 2.45) is 0 Å². The van der Waals surface area contributed by atoms with E-state index in [1.807, 2.05) is 18.2 Å². The number of benzene rings is 2. The second kappa shape index (κ2) is 9.02. The lowest BCUT2D eigenvalue weighted by Crippen LogP contribution is -2.34. The highest BCUT2D eigenvalue weighted by Crippen LogP contribution is 2.43. The number of aromatic hydroxyl groups is 1. The van der Waals surface area contributed by atoms with Crippen LogP contribution < -0.4 is 9.62 Å². The summed E-state index contributed by atoms with van der Waals surface area (Å²) in [4.78, 5) is 4.11. The lowest BCUT2D eigenvalue weighted by Gasteiger charge is -2.28. The summed E-state index contributed by atoms with van der Waals surface area (Å²) in [6.07, 6.45) is 3.40. The van der Waals surface area contributed by atoms with E-state index in [4.69, 9.17) is 0 Å². The van der Waals surface area contributed by atoms with Gasteiger partial charge in [-0.15, -0.1) is 11.8 Å². The normalized spacial score (nSPS) is 17.0. The number of fused-ring (bicyclic) bond motifs is 1. The Morgan fingerprint density at radius 1 is 1.27 bits per heavy atom. The molecule has 0 saturated heterocycles. The lowest BCUT2D eigenvalue weighted by molar-refractivity contribution is 0.461. The maximum atomic E-state index is 13.4. The van der Waals surface area contributed by atoms with Gasteiger partial charge in [0, 0.05) is 18.3 Å². The summed E-state index contributed by atoms with van der Waals surface area (Å²) in [5, 5.41) is 10.4. The molecule has 0 radical (unpaired) electrons. The third-order valence-electron chi connectivity index (χ3n) is 4.41. The molecule has 0 aliphatic carbocycles. The first kappa shape index (κ1) is 19.4. The van der Waals surface area contributed by atoms with Crippen molar-refractivity contribution in [1.29, 1.82) is 0 Å². The Balaban J connectivity index is 2.01. The molecule has 140 valence electrons. The number of phenols is 1. The summed E-state index contributed by atoms with van der Waals surface area (Å²) in [5.74, 6) is 0.982. The number of hydrogen-bond acceptors (Lipinski definition) is 5. The van der Waals surface area contributed by atoms with E-state index >= 15 is 0 Å². The van der Waals surface area contributed by atoms with Gasteiger partial charge in [0.15, 0.2) is 0 Å². The van der Waals surface area contributed by atoms with Gasteiger partial charge in [-0.25, -0.2) is 4.39 Å². The summed E-state index contributed by atoms with van der Waals surface area (Å²) in [6.45, 7) is 5.08. The largest absolute Gasteiger partial charge is 0.507 e. The first-order valence-electron chi connectivity index (χ1n) is 9.07. The van der Waals surface area contributed by atoms with Crippen LogP contribution in [0.15, 0.2) is 46.2 Å². The Hall–Kier alpha value is -1.37. The van der Waals surface area contributed by atoms with E-state index in [1.165, 1.54) is 12.1 Å². The van der Waals surface area contributed by atoms with Crippen molar-refractivity contribution in [3.63, 3.8) is 0 Å². The summed E-state index contributed by atoms with van der Waals surface area (Å²) in [5.41, 5.74) is 2.03. The number of nitrogens with one attached hydrogen (secondary N) is 1. The lowest BCUT2D eigenvalue weighted by atomic mass is 10.1. The van der Waals surface area contributed by atoms with Gasteiger partial charge in [-0.1, -0.05) is 26.7 Å². The summed E-state index contributed by atoms with van der Waals surface area (Å²) in [6, 6.07) is 10.9. The summed E-state index contributed by atoms with van der Waals surface area (Å²) in [7, 11) is 0. The van der Waals surface area contributed by atoms with Crippen molar-refractivity contribution in [2.75, 3.05) is 17.2 Å². The van der Waals surface area contributed by atoms with Crippen molar-refractivity contribution in [2.45, 2.75) is 48.9 Å². The van der Waals surface area contributed by atoms with Gasteiger partial charge >= 0.3 is 0 Å². The number of unbranched alkanes of at least 4 members (excludes halogenated alkanes) is 1. The van der Waals surface area contributed by atoms with Crippen molar-refractivity contribution in [1.82, 2.24) is 4.72 Å². The van der Waals surface area contributed by atoms with Gasteiger partial charge in [-0.3, -0.25) is 4.72 Å². The van der Waals surface area contributed by atoms with Gasteiger partial charge in [0.05, 0.1) is 15.5 Å². The molecule has 3 rings (SSSR count). The van der Waals surface area contributed by atoms with Crippen LogP contribution in [0.4, 0.5) is 15.8 Å². The van der Waals surface area contributed by atoms with Crippen LogP contribution in [-0.2, 0) is 0 Å². The minimum atomic E-state index is -0.230. The van der Waals surface area contributed by atoms with Crippen LogP contribution in [0.1, 0.15) is 33.1 Å². The molecule has 2 aromatic rings. The van der Waals surface area contributed by atoms with Crippen molar-refractivity contribution < 1.29 is 9.50 Å². The van der Waals surface area contributed by atoms with Gasteiger partial charge < -0.3 is 10.0 Å². The summed E-state index contributed by atoms with van der Waals surface area (Å²) < 4.78 is 17.0. The molecule has 1 atom stereocenters. The zero-order chi connectivity index (χ0) is 18.5. The molecule has 0 amide bonds. The Morgan fingerprint density at radius 3 is 2.73 bits per heavy atom. The fourth-order valence-corrected chi connectivity index (χ4v) is 4.71. The zero-order valence-electron chi connectivity index (χ0n) is 15.2. The highest BCUT2D eigenvalue weighted by atomic mass is 32.2. The molecular weight excluding hydrogens is 367 g/mol. The van der Waals surface area contributed by atoms with E-state index in [9.17, 15) is 9.50 Å². The van der Waals surface area contributed by atoms with Crippen molar-refractivity contribution >= 4 is 35.1 Å². The molecule has 2 aromatic carbocycles. The molecule has 3 nitrogen and oxygen atoms in total. The molecule has 1 unspecified atom stereocenters. The van der Waals surface area contributed by atoms with Crippen LogP contribution >= 0.6 is 23.7 Å². The van der Waals surface area contributed by atoms with E-state index in [2.05, 4.69) is 29.5 Å². The molecule has 1 aliphatic heterocycles. The smallest absolute Gasteiger partial charge is 0.130 e. The minimum Gasteiger partial charge on any atom is -0.507 e. The molecular formula is C20H25FN2OS2. The maximum absolute atomic E-state index is 13.4. The third kappa shape index (κ3) is 4.48. The predicted octanol–water partition coefficient (Wildman–Crippen LogP) is 5.95. The molecule has 2 N–H and O–H groups in total. The Bertz CT molecular complexity index is 739. The molecule has 26 heavy (non-hydrogen) atoms. The van der Waals surface area contributed by atoms with Crippen LogP contribution in [0.5, 0.6) is 5.75 Å². The second-order valence-electron chi connectivity index (χ2n) is 6.37. The van der Waals surface area contributed by atoms with Crippen molar-refractivity contribution in [3.05, 3.63) is 42.2 Å². The van der Waals surface area contributed by atoms with Gasteiger partial charge in [0.1, 0.15) is 11.6 Å². The van der Waals surface area contributed by atoms with Crippen LogP contribution in [0.25, 0.3) is 0 Å². The number of rotatable bonds is 6. The average molecular weight is 393 g/mol. The predicted molar refractivity (Wildman–Crippen MR) is 110 cm³/mol. The number of hydrogen-bond donors (Lipinski definition) is 2. The van der Waals surface area contributed by atoms with Gasteiger partial charge in [0.2, 0.25) is 0 Å². The summed E-state index contributed by atoms with van der Waals surface area (Å²) >= 11 is 3.21. The number of anilines is 2. The molecule has 0 fully saturated rings. The maximum Gasteiger partial charge on any atom is 0.130 e. The standard InChI is InChI=1S/C20H25FN2OS2/c1-3-5-6-15-13-23(16-9-7-14(21)8-10-16)17-11-20(25-4-2)18(24)12-19(17)26-22-15/h7-12,15,22,24H,3-6,13H2,1-2H3. The molecule has 6 heteroatoms. The topological polar surface area (TPSA) is 35.5 Å². The quantitative estimate of drug-likeness (QED) is 0.469. The fourth-order valence-electron chi connectivity index (χ4n) is 3.07. The molecule has 1 aliphatic rings. The second-order valence-corrected chi connectivity index (χ2v) is 8.55. The Kier molecular flexibility index (Phi) is 6.73. The van der Waals surface area contributed by atoms with Crippen LogP contribution in [0.3, 0.4) is 0 Å². The van der Waals surface area contributed by atoms with Gasteiger partial charge in [0.25, 0.3) is 0 Å². The van der Waals surface area contributed by atoms with Crippen LogP contribution in [0, 0.1) is 5.82 Å². The SMILES string of the molecule is CCCCC1CN(c2ccc(F)cc2)c2cc(SCC)c(O)cc2SN1. The van der Waals surface area contributed by atoms with Gasteiger partial charge in [-0.2, -0.15) is 0 Å². The Labute approximate surface area is 163 Å². The molecule has 0 aromatic heterocycles. The fraction of sp³-hybridized carbons (Fsp3) is 0.400. The first-order chi connectivity index (χ1) is 12.6. The van der Waals surface area contributed by atoms with Gasteiger partial charge in [-0.05, 0) is 60.5 Å². The third-order valence-corrected chi connectivity index (χ3v) is 6.34. The van der Waals surface area contributed by atoms with E-state index in [0.717, 1.165) is 52.7 Å². The molecule has 0 spiro atoms. The average Bonchev–Trinajstić information content (AvgIpc) is 2.81. The number of nitrogens with zero attached hydrogens (tertiary/aromatic N) is 1. The van der Waals surface area contributed by atoms with Crippen LogP contribution in [0.2, 0.25) is 0 Å². The van der Waals surface area contributed by atoms with E-state index in [1.54, 1.807) is 23.7 Å². The molecule has 0 saturated carbocycles. The monoisotopic (exact) mass is 392 g/mol. The first-order valence-corrected chi connectivity index (χ1v) is 10.9. The highest BCUT2D eigenvalue weighted by Gasteiger charge is 2.25. The van der Waals surface area contributed by atoms with E-state index < -0.39 is 0 Å².